The second kappa shape index (κ2) is 8.09. The van der Waals surface area contributed by atoms with Crippen molar-refractivity contribution in [1.82, 2.24) is 0 Å². The molecule has 150 valence electrons. The Morgan fingerprint density at radius 1 is 1.00 bits per heavy atom. The van der Waals surface area contributed by atoms with Crippen LogP contribution in [0.2, 0.25) is 5.02 Å². The summed E-state index contributed by atoms with van der Waals surface area (Å²) in [6.45, 7) is 1.92. The summed E-state index contributed by atoms with van der Waals surface area (Å²) >= 11 is 9.37. The number of rotatable bonds is 3. The zero-order valence-electron chi connectivity index (χ0n) is 16.0. The molecule has 0 saturated carbocycles. The summed E-state index contributed by atoms with van der Waals surface area (Å²) in [4.78, 5) is 27.6. The van der Waals surface area contributed by atoms with Crippen LogP contribution < -0.4 is 4.90 Å². The van der Waals surface area contributed by atoms with Crippen LogP contribution in [0.25, 0.3) is 5.76 Å². The van der Waals surface area contributed by atoms with Gasteiger partial charge in [0.2, 0.25) is 0 Å². The molecule has 30 heavy (non-hydrogen) atoms. The third-order valence-corrected chi connectivity index (χ3v) is 5.81. The van der Waals surface area contributed by atoms with Crippen LogP contribution in [0.5, 0.6) is 0 Å². The van der Waals surface area contributed by atoms with Crippen molar-refractivity contribution in [3.05, 3.63) is 105 Å². The molecule has 1 aliphatic rings. The first kappa shape index (κ1) is 20.4. The Labute approximate surface area is 187 Å². The number of ketones is 1. The maximum absolute atomic E-state index is 13.1. The second-order valence-electron chi connectivity index (χ2n) is 7.07. The molecule has 0 bridgehead atoms. The van der Waals surface area contributed by atoms with Crippen LogP contribution in [-0.4, -0.2) is 16.8 Å². The third kappa shape index (κ3) is 3.66. The summed E-state index contributed by atoms with van der Waals surface area (Å²) in [5.41, 5.74) is 2.74. The number of benzene rings is 3. The van der Waals surface area contributed by atoms with Crippen LogP contribution in [0.1, 0.15) is 22.7 Å². The molecule has 6 heteroatoms. The number of carbonyl (C=O) groups is 2. The molecule has 1 aliphatic heterocycles. The summed E-state index contributed by atoms with van der Waals surface area (Å²) in [6.07, 6.45) is 0. The van der Waals surface area contributed by atoms with Crippen LogP contribution in [0.4, 0.5) is 5.69 Å². The molecule has 0 aliphatic carbocycles. The lowest BCUT2D eigenvalue weighted by Gasteiger charge is -2.25. The number of anilines is 1. The fourth-order valence-electron chi connectivity index (χ4n) is 3.60. The van der Waals surface area contributed by atoms with E-state index < -0.39 is 17.7 Å². The van der Waals surface area contributed by atoms with Crippen molar-refractivity contribution in [3.8, 4) is 0 Å². The lowest BCUT2D eigenvalue weighted by atomic mass is 9.95. The van der Waals surface area contributed by atoms with Gasteiger partial charge in [0.05, 0.1) is 11.6 Å². The van der Waals surface area contributed by atoms with Crippen molar-refractivity contribution in [1.29, 1.82) is 0 Å². The Hall–Kier alpha value is -2.89. The molecule has 0 radical (unpaired) electrons. The lowest BCUT2D eigenvalue weighted by molar-refractivity contribution is -0.132. The van der Waals surface area contributed by atoms with Gasteiger partial charge in [-0.15, -0.1) is 0 Å². The molecule has 1 atom stereocenters. The predicted octanol–water partition coefficient (Wildman–Crippen LogP) is 6.04. The molecule has 1 amide bonds. The number of nitrogens with zero attached hydrogens (tertiary/aromatic N) is 1. The molecule has 0 aromatic heterocycles. The number of hydrogen-bond acceptors (Lipinski definition) is 3. The summed E-state index contributed by atoms with van der Waals surface area (Å²) < 4.78 is 0.872. The van der Waals surface area contributed by atoms with Crippen molar-refractivity contribution in [3.63, 3.8) is 0 Å². The van der Waals surface area contributed by atoms with Gasteiger partial charge in [-0.25, -0.2) is 0 Å². The van der Waals surface area contributed by atoms with Gasteiger partial charge >= 0.3 is 0 Å². The molecule has 0 unspecified atom stereocenters. The van der Waals surface area contributed by atoms with E-state index in [1.165, 1.54) is 4.90 Å². The Bertz CT molecular complexity index is 1170. The fourth-order valence-corrected chi connectivity index (χ4v) is 3.99. The molecule has 1 fully saturated rings. The highest BCUT2D eigenvalue weighted by Gasteiger charge is 2.46. The Morgan fingerprint density at radius 3 is 2.30 bits per heavy atom. The van der Waals surface area contributed by atoms with Gasteiger partial charge < -0.3 is 5.11 Å². The average Bonchev–Trinajstić information content (AvgIpc) is 2.99. The van der Waals surface area contributed by atoms with Crippen LogP contribution in [-0.2, 0) is 9.59 Å². The Balaban J connectivity index is 1.95. The van der Waals surface area contributed by atoms with Gasteiger partial charge in [0.15, 0.2) is 0 Å². The van der Waals surface area contributed by atoms with Gasteiger partial charge in [-0.2, -0.15) is 0 Å². The van der Waals surface area contributed by atoms with Crippen molar-refractivity contribution < 1.29 is 14.7 Å². The van der Waals surface area contributed by atoms with Crippen molar-refractivity contribution in [2.45, 2.75) is 13.0 Å². The van der Waals surface area contributed by atoms with E-state index in [4.69, 9.17) is 11.6 Å². The smallest absolute Gasteiger partial charge is 0.300 e. The van der Waals surface area contributed by atoms with E-state index in [-0.39, 0.29) is 11.3 Å². The first-order valence-corrected chi connectivity index (χ1v) is 10.4. The van der Waals surface area contributed by atoms with Crippen LogP contribution in [0.3, 0.4) is 0 Å². The van der Waals surface area contributed by atoms with Crippen LogP contribution in [0, 0.1) is 6.92 Å². The van der Waals surface area contributed by atoms with Crippen LogP contribution >= 0.6 is 27.5 Å². The number of carbonyl (C=O) groups excluding carboxylic acids is 2. The first-order chi connectivity index (χ1) is 14.4. The van der Waals surface area contributed by atoms with E-state index in [0.717, 1.165) is 15.6 Å². The lowest BCUT2D eigenvalue weighted by Crippen LogP contribution is -2.29. The summed E-state index contributed by atoms with van der Waals surface area (Å²) in [5.74, 6) is -1.63. The van der Waals surface area contributed by atoms with E-state index in [9.17, 15) is 14.7 Å². The monoisotopic (exact) mass is 481 g/mol. The molecule has 3 aromatic rings. The van der Waals surface area contributed by atoms with Gasteiger partial charge in [-0.05, 0) is 66.6 Å². The predicted molar refractivity (Wildman–Crippen MR) is 122 cm³/mol. The highest BCUT2D eigenvalue weighted by atomic mass is 79.9. The highest BCUT2D eigenvalue weighted by Crippen LogP contribution is 2.42. The molecule has 4 nitrogen and oxygen atoms in total. The molecule has 0 spiro atoms. The van der Waals surface area contributed by atoms with E-state index in [1.807, 2.05) is 49.4 Å². The number of amides is 1. The molecule has 1 saturated heterocycles. The summed E-state index contributed by atoms with van der Waals surface area (Å²) in [6, 6.07) is 20.5. The number of hydrogen-bond donors (Lipinski definition) is 1. The Kier molecular flexibility index (Phi) is 5.50. The SMILES string of the molecule is Cc1cccc(N2C(=O)C(=O)C(=C(O)c3ccc(Cl)cc3)[C@H]2c2ccc(Br)cc2)c1. The van der Waals surface area contributed by atoms with Crippen LogP contribution in [0.15, 0.2) is 82.8 Å². The van der Waals surface area contributed by atoms with Crippen molar-refractivity contribution in [2.24, 2.45) is 0 Å². The number of Topliss-reactive ketones (excluding diaryl/α,β-unsaturated/α-hetero) is 1. The van der Waals surface area contributed by atoms with Gasteiger partial charge in [0.25, 0.3) is 11.7 Å². The normalized spacial score (nSPS) is 18.1. The standard InChI is InChI=1S/C24H17BrClNO3/c1-14-3-2-4-19(13-14)27-21(15-5-9-17(25)10-6-15)20(23(29)24(27)30)22(28)16-7-11-18(26)12-8-16/h2-13,21,28H,1H3/t21-/m1/s1. The first-order valence-electron chi connectivity index (χ1n) is 9.26. The minimum atomic E-state index is -0.754. The van der Waals surface area contributed by atoms with Crippen molar-refractivity contribution in [2.75, 3.05) is 4.90 Å². The molecule has 4 rings (SSSR count). The van der Waals surface area contributed by atoms with Gasteiger partial charge in [0, 0.05) is 20.7 Å². The molecular weight excluding hydrogens is 466 g/mol. The summed E-state index contributed by atoms with van der Waals surface area (Å²) in [7, 11) is 0. The van der Waals surface area contributed by atoms with Crippen molar-refractivity contribution >= 4 is 50.7 Å². The molecule has 3 aromatic carbocycles. The molecular formula is C24H17BrClNO3. The Morgan fingerprint density at radius 2 is 1.67 bits per heavy atom. The largest absolute Gasteiger partial charge is 0.507 e. The second-order valence-corrected chi connectivity index (χ2v) is 8.42. The number of aliphatic hydroxyl groups excluding tert-OH is 1. The maximum atomic E-state index is 13.1. The number of aryl methyl sites for hydroxylation is 1. The van der Waals surface area contributed by atoms with E-state index >= 15 is 0 Å². The van der Waals surface area contributed by atoms with E-state index in [1.54, 1.807) is 30.3 Å². The third-order valence-electron chi connectivity index (χ3n) is 5.03. The van der Waals surface area contributed by atoms with E-state index in [2.05, 4.69) is 15.9 Å². The summed E-state index contributed by atoms with van der Waals surface area (Å²) in [5, 5.41) is 11.5. The van der Waals surface area contributed by atoms with Gasteiger partial charge in [0.1, 0.15) is 5.76 Å². The zero-order valence-corrected chi connectivity index (χ0v) is 18.3. The quantitative estimate of drug-likeness (QED) is 0.281. The zero-order chi connectivity index (χ0) is 21.4. The number of aliphatic hydroxyl groups is 1. The number of halogens is 2. The molecule has 1 heterocycles. The van der Waals surface area contributed by atoms with E-state index in [0.29, 0.717) is 16.3 Å². The fraction of sp³-hybridized carbons (Fsp3) is 0.0833. The van der Waals surface area contributed by atoms with Gasteiger partial charge in [-0.1, -0.05) is 51.8 Å². The minimum Gasteiger partial charge on any atom is -0.507 e. The average molecular weight is 483 g/mol. The van der Waals surface area contributed by atoms with Gasteiger partial charge in [-0.3, -0.25) is 14.5 Å². The minimum absolute atomic E-state index is 0.0474. The topological polar surface area (TPSA) is 57.6 Å². The highest BCUT2D eigenvalue weighted by molar-refractivity contribution is 9.10. The molecule has 1 N–H and O–H groups in total. The maximum Gasteiger partial charge on any atom is 0.300 e.